The lowest BCUT2D eigenvalue weighted by molar-refractivity contribution is -0.116. The molecule has 1 atom stereocenters. The zero-order valence-electron chi connectivity index (χ0n) is 7.12. The van der Waals surface area contributed by atoms with Gasteiger partial charge in [-0.05, 0) is 18.6 Å². The van der Waals surface area contributed by atoms with Crippen LogP contribution in [0.5, 0.6) is 0 Å². The fourth-order valence-electron chi connectivity index (χ4n) is 1.40. The van der Waals surface area contributed by atoms with Crippen molar-refractivity contribution in [2.45, 2.75) is 12.3 Å². The predicted octanol–water partition coefficient (Wildman–Crippen LogP) is 0.624. The monoisotopic (exact) mass is 193 g/mol. The SMILES string of the molecule is CC1=c2ccccc2=NC(=O)[C@@H]1Cl. The summed E-state index contributed by atoms with van der Waals surface area (Å²) in [6, 6.07) is 7.52. The van der Waals surface area contributed by atoms with Crippen molar-refractivity contribution in [2.75, 3.05) is 0 Å². The van der Waals surface area contributed by atoms with Crippen LogP contribution < -0.4 is 10.6 Å². The summed E-state index contributed by atoms with van der Waals surface area (Å²) in [5.41, 5.74) is 0.886. The summed E-state index contributed by atoms with van der Waals surface area (Å²) >= 11 is 5.86. The molecule has 0 radical (unpaired) electrons. The maximum atomic E-state index is 11.2. The zero-order valence-corrected chi connectivity index (χ0v) is 7.88. The Hall–Kier alpha value is -1.15. The number of fused-ring (bicyclic) bond motifs is 1. The lowest BCUT2D eigenvalue weighted by Crippen LogP contribution is -2.36. The minimum Gasteiger partial charge on any atom is -0.270 e. The molecule has 1 amide bonds. The van der Waals surface area contributed by atoms with E-state index < -0.39 is 5.38 Å². The van der Waals surface area contributed by atoms with Crippen molar-refractivity contribution in [3.8, 4) is 0 Å². The topological polar surface area (TPSA) is 29.4 Å². The molecule has 0 spiro atoms. The Morgan fingerprint density at radius 1 is 1.38 bits per heavy atom. The second-order valence-electron chi connectivity index (χ2n) is 3.01. The van der Waals surface area contributed by atoms with Gasteiger partial charge in [-0.1, -0.05) is 18.2 Å². The molecule has 0 fully saturated rings. The summed E-state index contributed by atoms with van der Waals surface area (Å²) in [5.74, 6) is -0.266. The van der Waals surface area contributed by atoms with Crippen molar-refractivity contribution < 1.29 is 4.79 Å². The number of carbonyl (C=O) groups excluding carboxylic acids is 1. The van der Waals surface area contributed by atoms with Gasteiger partial charge >= 0.3 is 0 Å². The summed E-state index contributed by atoms with van der Waals surface area (Å²) < 4.78 is 0. The maximum Gasteiger partial charge on any atom is 0.268 e. The van der Waals surface area contributed by atoms with Crippen LogP contribution in [0.15, 0.2) is 29.3 Å². The molecule has 0 bridgehead atoms. The first-order chi connectivity index (χ1) is 6.20. The Bertz CT molecular complexity index is 478. The summed E-state index contributed by atoms with van der Waals surface area (Å²) in [7, 11) is 0. The first-order valence-corrected chi connectivity index (χ1v) is 4.46. The van der Waals surface area contributed by atoms with Gasteiger partial charge in [-0.25, -0.2) is 4.99 Å². The lowest BCUT2D eigenvalue weighted by atomic mass is 10.1. The Kier molecular flexibility index (Phi) is 1.93. The summed E-state index contributed by atoms with van der Waals surface area (Å²) in [5, 5.41) is 1.11. The molecule has 0 saturated heterocycles. The van der Waals surface area contributed by atoms with Crippen LogP contribution in [0.2, 0.25) is 0 Å². The normalized spacial score (nSPS) is 20.9. The highest BCUT2D eigenvalue weighted by molar-refractivity contribution is 6.36. The van der Waals surface area contributed by atoms with E-state index in [4.69, 9.17) is 11.6 Å². The number of halogens is 1. The van der Waals surface area contributed by atoms with Crippen molar-refractivity contribution in [3.63, 3.8) is 0 Å². The van der Waals surface area contributed by atoms with Crippen LogP contribution in [0.1, 0.15) is 6.92 Å². The van der Waals surface area contributed by atoms with Crippen LogP contribution in [0.3, 0.4) is 0 Å². The summed E-state index contributed by atoms with van der Waals surface area (Å²) in [4.78, 5) is 15.1. The van der Waals surface area contributed by atoms with Gasteiger partial charge in [0, 0.05) is 5.22 Å². The van der Waals surface area contributed by atoms with E-state index in [1.807, 2.05) is 31.2 Å². The van der Waals surface area contributed by atoms with E-state index in [-0.39, 0.29) is 5.91 Å². The number of rotatable bonds is 0. The first-order valence-electron chi connectivity index (χ1n) is 4.02. The van der Waals surface area contributed by atoms with Crippen LogP contribution in [-0.2, 0) is 4.79 Å². The van der Waals surface area contributed by atoms with Crippen LogP contribution in [0.4, 0.5) is 0 Å². The minimum absolute atomic E-state index is 0.266. The number of nitrogens with zero attached hydrogens (tertiary/aromatic N) is 1. The molecule has 1 aliphatic heterocycles. The van der Waals surface area contributed by atoms with E-state index >= 15 is 0 Å². The number of benzene rings is 1. The van der Waals surface area contributed by atoms with Crippen LogP contribution in [0, 0.1) is 0 Å². The van der Waals surface area contributed by atoms with Crippen LogP contribution >= 0.6 is 11.6 Å². The Morgan fingerprint density at radius 3 is 2.85 bits per heavy atom. The smallest absolute Gasteiger partial charge is 0.268 e. The van der Waals surface area contributed by atoms with Crippen molar-refractivity contribution in [1.29, 1.82) is 0 Å². The third-order valence-corrected chi connectivity index (χ3v) is 2.67. The van der Waals surface area contributed by atoms with Crippen molar-refractivity contribution in [1.82, 2.24) is 0 Å². The number of alkyl halides is 1. The first kappa shape index (κ1) is 8.45. The molecule has 2 nitrogen and oxygen atoms in total. The van der Waals surface area contributed by atoms with Gasteiger partial charge in [0.15, 0.2) is 0 Å². The molecule has 13 heavy (non-hydrogen) atoms. The van der Waals surface area contributed by atoms with Gasteiger partial charge in [0.2, 0.25) is 0 Å². The Morgan fingerprint density at radius 2 is 2.08 bits per heavy atom. The van der Waals surface area contributed by atoms with Crippen LogP contribution in [0.25, 0.3) is 5.57 Å². The molecule has 1 heterocycles. The average molecular weight is 194 g/mol. The van der Waals surface area contributed by atoms with Gasteiger partial charge < -0.3 is 0 Å². The van der Waals surface area contributed by atoms with Gasteiger partial charge in [-0.3, -0.25) is 4.79 Å². The van der Waals surface area contributed by atoms with E-state index in [1.165, 1.54) is 0 Å². The van der Waals surface area contributed by atoms with Crippen LogP contribution in [-0.4, -0.2) is 11.3 Å². The fourth-order valence-corrected chi connectivity index (χ4v) is 1.57. The third-order valence-electron chi connectivity index (χ3n) is 2.16. The molecule has 0 aromatic heterocycles. The van der Waals surface area contributed by atoms with E-state index in [0.29, 0.717) is 0 Å². The Labute approximate surface area is 80.6 Å². The molecule has 1 aliphatic rings. The van der Waals surface area contributed by atoms with Crippen molar-refractivity contribution in [3.05, 3.63) is 34.8 Å². The van der Waals surface area contributed by atoms with E-state index in [1.54, 1.807) is 0 Å². The van der Waals surface area contributed by atoms with Gasteiger partial charge in [0.05, 0.1) is 5.36 Å². The highest BCUT2D eigenvalue weighted by Crippen LogP contribution is 2.11. The van der Waals surface area contributed by atoms with Gasteiger partial charge in [0.25, 0.3) is 5.91 Å². The van der Waals surface area contributed by atoms with Crippen molar-refractivity contribution >= 4 is 23.1 Å². The average Bonchev–Trinajstić information content (AvgIpc) is 2.15. The highest BCUT2D eigenvalue weighted by Gasteiger charge is 2.20. The maximum absolute atomic E-state index is 11.2. The third kappa shape index (κ3) is 1.27. The summed E-state index contributed by atoms with van der Waals surface area (Å²) in [6.07, 6.45) is 0. The van der Waals surface area contributed by atoms with Gasteiger partial charge in [-0.15, -0.1) is 11.6 Å². The van der Waals surface area contributed by atoms with Gasteiger partial charge in [0.1, 0.15) is 5.38 Å². The molecular weight excluding hydrogens is 186 g/mol. The zero-order chi connectivity index (χ0) is 9.42. The second kappa shape index (κ2) is 2.96. The Balaban J connectivity index is 2.89. The second-order valence-corrected chi connectivity index (χ2v) is 3.45. The molecule has 1 aromatic rings. The van der Waals surface area contributed by atoms with E-state index in [9.17, 15) is 4.79 Å². The molecule has 3 heteroatoms. The number of carbonyl (C=O) groups is 1. The standard InChI is InChI=1S/C10H8ClNO/c1-6-7-4-2-3-5-8(7)12-10(13)9(6)11/h2-5,9H,1H3/t9-/m1/s1. The molecule has 0 N–H and O–H groups in total. The molecule has 2 rings (SSSR count). The molecule has 66 valence electrons. The fraction of sp³-hybridized carbons (Fsp3) is 0.200. The molecule has 0 saturated carbocycles. The highest BCUT2D eigenvalue weighted by atomic mass is 35.5. The summed E-state index contributed by atoms with van der Waals surface area (Å²) in [6.45, 7) is 1.86. The van der Waals surface area contributed by atoms with E-state index in [0.717, 1.165) is 16.1 Å². The van der Waals surface area contributed by atoms with Gasteiger partial charge in [-0.2, -0.15) is 0 Å². The largest absolute Gasteiger partial charge is 0.270 e. The number of hydrogen-bond donors (Lipinski definition) is 0. The predicted molar refractivity (Wildman–Crippen MR) is 51.0 cm³/mol. The minimum atomic E-state index is -0.588. The number of para-hydroxylation sites is 1. The molecule has 0 aliphatic carbocycles. The molecular formula is C10H8ClNO. The molecule has 1 aromatic carbocycles. The lowest BCUT2D eigenvalue weighted by Gasteiger charge is -2.10. The molecule has 0 unspecified atom stereocenters. The quantitative estimate of drug-likeness (QED) is 0.556. The number of hydrogen-bond acceptors (Lipinski definition) is 1. The van der Waals surface area contributed by atoms with Crippen molar-refractivity contribution in [2.24, 2.45) is 4.99 Å². The number of amides is 1. The van der Waals surface area contributed by atoms with E-state index in [2.05, 4.69) is 4.99 Å².